The molecule has 1 aliphatic heterocycles. The van der Waals surface area contributed by atoms with E-state index in [0.717, 1.165) is 5.92 Å². The molecule has 0 radical (unpaired) electrons. The Kier molecular flexibility index (Phi) is 4.45. The Morgan fingerprint density at radius 3 is 2.73 bits per heavy atom. The molecule has 88 valence electrons. The number of hydrogen-bond donors (Lipinski definition) is 1. The average Bonchev–Trinajstić information content (AvgIpc) is 2.28. The minimum atomic E-state index is 0.699. The molecule has 0 aromatic carbocycles. The summed E-state index contributed by atoms with van der Waals surface area (Å²) in [5.41, 5.74) is 0. The first-order valence-corrected chi connectivity index (χ1v) is 6.80. The topological polar surface area (TPSA) is 15.3 Å². The van der Waals surface area contributed by atoms with Crippen LogP contribution >= 0.6 is 0 Å². The lowest BCUT2D eigenvalue weighted by Gasteiger charge is -2.33. The molecule has 15 heavy (non-hydrogen) atoms. The van der Waals surface area contributed by atoms with Gasteiger partial charge in [0.25, 0.3) is 0 Å². The first-order valence-electron chi connectivity index (χ1n) is 6.80. The van der Waals surface area contributed by atoms with Gasteiger partial charge in [-0.1, -0.05) is 32.1 Å². The fourth-order valence-electron chi connectivity index (χ4n) is 3.06. The van der Waals surface area contributed by atoms with Crippen LogP contribution in [-0.2, 0) is 0 Å². The van der Waals surface area contributed by atoms with E-state index < -0.39 is 0 Å². The number of piperazine rings is 1. The van der Waals surface area contributed by atoms with Crippen LogP contribution in [0.25, 0.3) is 0 Å². The van der Waals surface area contributed by atoms with E-state index in [-0.39, 0.29) is 0 Å². The SMILES string of the molecule is C[C@H]1CN(CCC2CCCCC2)CCN1. The van der Waals surface area contributed by atoms with Gasteiger partial charge in [0.2, 0.25) is 0 Å². The summed E-state index contributed by atoms with van der Waals surface area (Å²) in [6.45, 7) is 7.35. The van der Waals surface area contributed by atoms with Gasteiger partial charge in [0.1, 0.15) is 0 Å². The van der Waals surface area contributed by atoms with Gasteiger partial charge in [-0.3, -0.25) is 0 Å². The van der Waals surface area contributed by atoms with Crippen molar-refractivity contribution in [2.45, 2.75) is 51.5 Å². The molecule has 1 aliphatic carbocycles. The molecule has 0 bridgehead atoms. The number of rotatable bonds is 3. The van der Waals surface area contributed by atoms with Crippen molar-refractivity contribution < 1.29 is 0 Å². The molecule has 2 heteroatoms. The van der Waals surface area contributed by atoms with Gasteiger partial charge in [0.15, 0.2) is 0 Å². The third kappa shape index (κ3) is 3.76. The van der Waals surface area contributed by atoms with Crippen molar-refractivity contribution in [1.29, 1.82) is 0 Å². The summed E-state index contributed by atoms with van der Waals surface area (Å²) in [6, 6.07) is 0.699. The van der Waals surface area contributed by atoms with Crippen molar-refractivity contribution in [3.8, 4) is 0 Å². The lowest BCUT2D eigenvalue weighted by atomic mass is 9.87. The monoisotopic (exact) mass is 210 g/mol. The summed E-state index contributed by atoms with van der Waals surface area (Å²) in [7, 11) is 0. The Bertz CT molecular complexity index is 175. The Hall–Kier alpha value is -0.0800. The maximum atomic E-state index is 3.51. The van der Waals surface area contributed by atoms with Crippen molar-refractivity contribution in [3.63, 3.8) is 0 Å². The van der Waals surface area contributed by atoms with E-state index in [4.69, 9.17) is 0 Å². The van der Waals surface area contributed by atoms with E-state index >= 15 is 0 Å². The largest absolute Gasteiger partial charge is 0.312 e. The van der Waals surface area contributed by atoms with E-state index in [1.165, 1.54) is 64.7 Å². The highest BCUT2D eigenvalue weighted by atomic mass is 15.2. The highest BCUT2D eigenvalue weighted by molar-refractivity contribution is 4.76. The Morgan fingerprint density at radius 2 is 2.00 bits per heavy atom. The lowest BCUT2D eigenvalue weighted by molar-refractivity contribution is 0.185. The van der Waals surface area contributed by atoms with Crippen LogP contribution in [0.15, 0.2) is 0 Å². The molecule has 0 unspecified atom stereocenters. The third-order valence-corrected chi connectivity index (χ3v) is 4.03. The molecule has 1 saturated heterocycles. The molecule has 1 heterocycles. The Morgan fingerprint density at radius 1 is 1.20 bits per heavy atom. The molecule has 0 amide bonds. The summed E-state index contributed by atoms with van der Waals surface area (Å²) < 4.78 is 0. The van der Waals surface area contributed by atoms with E-state index in [1.807, 2.05) is 0 Å². The zero-order valence-corrected chi connectivity index (χ0v) is 10.2. The van der Waals surface area contributed by atoms with Crippen LogP contribution < -0.4 is 5.32 Å². The predicted molar refractivity (Wildman–Crippen MR) is 65.1 cm³/mol. The molecule has 0 aromatic rings. The Labute approximate surface area is 94.4 Å². The van der Waals surface area contributed by atoms with Crippen LogP contribution in [0.5, 0.6) is 0 Å². The number of nitrogens with zero attached hydrogens (tertiary/aromatic N) is 1. The molecular weight excluding hydrogens is 184 g/mol. The van der Waals surface area contributed by atoms with Gasteiger partial charge in [-0.15, -0.1) is 0 Å². The van der Waals surface area contributed by atoms with Crippen molar-refractivity contribution in [1.82, 2.24) is 10.2 Å². The van der Waals surface area contributed by atoms with Crippen LogP contribution in [0.4, 0.5) is 0 Å². The second-order valence-corrected chi connectivity index (χ2v) is 5.45. The third-order valence-electron chi connectivity index (χ3n) is 4.03. The molecule has 2 aliphatic rings. The summed E-state index contributed by atoms with van der Waals surface area (Å²) in [6.07, 6.45) is 8.92. The molecule has 2 nitrogen and oxygen atoms in total. The van der Waals surface area contributed by atoms with Gasteiger partial charge in [-0.05, 0) is 25.8 Å². The van der Waals surface area contributed by atoms with Gasteiger partial charge in [-0.2, -0.15) is 0 Å². The van der Waals surface area contributed by atoms with Gasteiger partial charge >= 0.3 is 0 Å². The number of nitrogens with one attached hydrogen (secondary N) is 1. The molecule has 1 saturated carbocycles. The second-order valence-electron chi connectivity index (χ2n) is 5.45. The molecule has 1 N–H and O–H groups in total. The summed E-state index contributed by atoms with van der Waals surface area (Å²) in [5, 5.41) is 3.51. The van der Waals surface area contributed by atoms with E-state index in [2.05, 4.69) is 17.1 Å². The van der Waals surface area contributed by atoms with Crippen LogP contribution in [0.3, 0.4) is 0 Å². The quantitative estimate of drug-likeness (QED) is 0.768. The minimum absolute atomic E-state index is 0.699. The second kappa shape index (κ2) is 5.86. The van der Waals surface area contributed by atoms with Crippen molar-refractivity contribution in [2.24, 2.45) is 5.92 Å². The van der Waals surface area contributed by atoms with Crippen LogP contribution in [0, 0.1) is 5.92 Å². The maximum absolute atomic E-state index is 3.51. The van der Waals surface area contributed by atoms with Crippen LogP contribution in [0.2, 0.25) is 0 Å². The van der Waals surface area contributed by atoms with Crippen molar-refractivity contribution >= 4 is 0 Å². The average molecular weight is 210 g/mol. The van der Waals surface area contributed by atoms with Gasteiger partial charge < -0.3 is 10.2 Å². The zero-order chi connectivity index (χ0) is 10.5. The molecule has 0 aromatic heterocycles. The summed E-state index contributed by atoms with van der Waals surface area (Å²) >= 11 is 0. The first-order chi connectivity index (χ1) is 7.34. The first kappa shape index (κ1) is 11.4. The smallest absolute Gasteiger partial charge is 0.0167 e. The summed E-state index contributed by atoms with van der Waals surface area (Å²) in [5.74, 6) is 1.05. The normalized spacial score (nSPS) is 30.6. The summed E-state index contributed by atoms with van der Waals surface area (Å²) in [4.78, 5) is 2.65. The van der Waals surface area contributed by atoms with Crippen LogP contribution in [-0.4, -0.2) is 37.1 Å². The zero-order valence-electron chi connectivity index (χ0n) is 10.2. The van der Waals surface area contributed by atoms with Gasteiger partial charge in [-0.25, -0.2) is 0 Å². The molecule has 1 atom stereocenters. The standard InChI is InChI=1S/C13H26N2/c1-12-11-15(10-8-14-12)9-7-13-5-3-2-4-6-13/h12-14H,2-11H2,1H3/t12-/m0/s1. The maximum Gasteiger partial charge on any atom is 0.0167 e. The molecule has 2 rings (SSSR count). The number of hydrogen-bond acceptors (Lipinski definition) is 2. The fourth-order valence-corrected chi connectivity index (χ4v) is 3.06. The lowest BCUT2D eigenvalue weighted by Crippen LogP contribution is -2.49. The van der Waals surface area contributed by atoms with E-state index in [9.17, 15) is 0 Å². The van der Waals surface area contributed by atoms with E-state index in [1.54, 1.807) is 0 Å². The van der Waals surface area contributed by atoms with Crippen molar-refractivity contribution in [3.05, 3.63) is 0 Å². The van der Waals surface area contributed by atoms with E-state index in [0.29, 0.717) is 6.04 Å². The highest BCUT2D eigenvalue weighted by Gasteiger charge is 2.18. The molecular formula is C13H26N2. The molecule has 2 fully saturated rings. The van der Waals surface area contributed by atoms with Crippen LogP contribution in [0.1, 0.15) is 45.4 Å². The fraction of sp³-hybridized carbons (Fsp3) is 1.00. The van der Waals surface area contributed by atoms with Gasteiger partial charge in [0.05, 0.1) is 0 Å². The highest BCUT2D eigenvalue weighted by Crippen LogP contribution is 2.26. The minimum Gasteiger partial charge on any atom is -0.312 e. The Balaban J connectivity index is 1.63. The van der Waals surface area contributed by atoms with Crippen molar-refractivity contribution in [2.75, 3.05) is 26.2 Å². The predicted octanol–water partition coefficient (Wildman–Crippen LogP) is 2.25. The molecule has 0 spiro atoms. The van der Waals surface area contributed by atoms with Gasteiger partial charge in [0, 0.05) is 25.7 Å².